The van der Waals surface area contributed by atoms with Gasteiger partial charge >= 0.3 is 11.9 Å². The Hall–Kier alpha value is -1.14. The van der Waals surface area contributed by atoms with Crippen molar-refractivity contribution in [3.63, 3.8) is 0 Å². The largest absolute Gasteiger partial charge is 0.466 e. The van der Waals surface area contributed by atoms with Gasteiger partial charge in [-0.05, 0) is 71.0 Å². The summed E-state index contributed by atoms with van der Waals surface area (Å²) in [6.07, 6.45) is 42.5. The van der Waals surface area contributed by atoms with E-state index in [4.69, 9.17) is 14.6 Å². The molecule has 0 spiro atoms. The van der Waals surface area contributed by atoms with Crippen molar-refractivity contribution < 1.29 is 24.2 Å². The predicted molar refractivity (Wildman–Crippen MR) is 234 cm³/mol. The average Bonchev–Trinajstić information content (AvgIpc) is 3.16. The van der Waals surface area contributed by atoms with Gasteiger partial charge in [0, 0.05) is 13.5 Å². The highest BCUT2D eigenvalue weighted by Crippen LogP contribution is 2.20. The summed E-state index contributed by atoms with van der Waals surface area (Å²) in [5, 5.41) is 9.17. The zero-order valence-electron chi connectivity index (χ0n) is 37.4. The third-order valence-electron chi connectivity index (χ3n) is 10.8. The minimum atomic E-state index is -0.177. The van der Waals surface area contributed by atoms with Crippen molar-refractivity contribution in [2.75, 3.05) is 39.5 Å². The van der Waals surface area contributed by atoms with Gasteiger partial charge in [-0.25, -0.2) is 0 Å². The summed E-state index contributed by atoms with van der Waals surface area (Å²) in [6, 6.07) is 0. The van der Waals surface area contributed by atoms with Gasteiger partial charge in [0.2, 0.25) is 0 Å². The van der Waals surface area contributed by atoms with Crippen molar-refractivity contribution >= 4 is 11.9 Å². The molecule has 0 aliphatic heterocycles. The number of unbranched alkanes of at least 4 members (excludes halogenated alkanes) is 26. The van der Waals surface area contributed by atoms with E-state index in [9.17, 15) is 9.59 Å². The smallest absolute Gasteiger partial charge is 0.308 e. The van der Waals surface area contributed by atoms with Crippen LogP contribution in [0.3, 0.4) is 0 Å². The molecule has 0 saturated heterocycles. The number of rotatable bonds is 42. The molecule has 0 fully saturated rings. The van der Waals surface area contributed by atoms with E-state index in [2.05, 4.69) is 32.6 Å². The number of aliphatic hydroxyl groups is 1. The van der Waals surface area contributed by atoms with Crippen LogP contribution in [0, 0.1) is 5.92 Å². The Morgan fingerprint density at radius 1 is 0.426 bits per heavy atom. The van der Waals surface area contributed by atoms with E-state index in [1.807, 2.05) is 0 Å². The lowest BCUT2D eigenvalue weighted by Crippen LogP contribution is -2.27. The Morgan fingerprint density at radius 2 is 0.759 bits per heavy atom. The number of nitrogens with zero attached hydrogens (tertiary/aromatic N) is 1. The number of carbonyl (C=O) groups is 2. The Labute approximate surface area is 338 Å². The summed E-state index contributed by atoms with van der Waals surface area (Å²) in [5.41, 5.74) is 0. The van der Waals surface area contributed by atoms with Crippen LogP contribution in [0.15, 0.2) is 0 Å². The lowest BCUT2D eigenvalue weighted by molar-refractivity contribution is -0.149. The normalized spacial score (nSPS) is 11.8. The lowest BCUT2D eigenvalue weighted by atomic mass is 9.95. The number of esters is 2. The first-order valence-corrected chi connectivity index (χ1v) is 24.1. The molecule has 6 heteroatoms. The molecule has 0 radical (unpaired) electrons. The molecule has 1 atom stereocenters. The summed E-state index contributed by atoms with van der Waals surface area (Å²) in [7, 11) is 0. The maximum atomic E-state index is 12.6. The van der Waals surface area contributed by atoms with Crippen molar-refractivity contribution in [1.29, 1.82) is 0 Å². The fourth-order valence-electron chi connectivity index (χ4n) is 7.14. The first-order chi connectivity index (χ1) is 26.5. The summed E-state index contributed by atoms with van der Waals surface area (Å²) in [5.74, 6) is -0.0126. The number of ether oxygens (including phenoxy) is 2. The van der Waals surface area contributed by atoms with Crippen molar-refractivity contribution in [3.8, 4) is 0 Å². The van der Waals surface area contributed by atoms with E-state index in [1.165, 1.54) is 168 Å². The quantitative estimate of drug-likeness (QED) is 0.0492. The SMILES string of the molecule is CCCCCCC(CCCC)C(=O)OCCCCCCCCCN(CCCCO)CCCCCCCCCOC(C)=O.CCCCCCCCCCCC. The number of hydrogen-bond acceptors (Lipinski definition) is 6. The van der Waals surface area contributed by atoms with Gasteiger partial charge in [-0.1, -0.05) is 195 Å². The monoisotopic (exact) mass is 768 g/mol. The summed E-state index contributed by atoms with van der Waals surface area (Å²) >= 11 is 0. The van der Waals surface area contributed by atoms with Gasteiger partial charge in [0.25, 0.3) is 0 Å². The van der Waals surface area contributed by atoms with E-state index >= 15 is 0 Å². The van der Waals surface area contributed by atoms with Crippen molar-refractivity contribution in [2.45, 2.75) is 253 Å². The second-order valence-electron chi connectivity index (χ2n) is 16.2. The summed E-state index contributed by atoms with van der Waals surface area (Å²) in [4.78, 5) is 26.0. The minimum Gasteiger partial charge on any atom is -0.466 e. The highest BCUT2D eigenvalue weighted by molar-refractivity contribution is 5.72. The van der Waals surface area contributed by atoms with E-state index < -0.39 is 0 Å². The van der Waals surface area contributed by atoms with E-state index in [0.717, 1.165) is 77.2 Å². The third kappa shape index (κ3) is 45.3. The zero-order valence-corrected chi connectivity index (χ0v) is 37.4. The van der Waals surface area contributed by atoms with Crippen molar-refractivity contribution in [2.24, 2.45) is 5.92 Å². The first kappa shape index (κ1) is 55.0. The van der Waals surface area contributed by atoms with Gasteiger partial charge in [0.1, 0.15) is 0 Å². The first-order valence-electron chi connectivity index (χ1n) is 24.1. The molecule has 54 heavy (non-hydrogen) atoms. The van der Waals surface area contributed by atoms with Crippen LogP contribution in [0.5, 0.6) is 0 Å². The van der Waals surface area contributed by atoms with Crippen molar-refractivity contribution in [3.05, 3.63) is 0 Å². The van der Waals surface area contributed by atoms with E-state index in [0.29, 0.717) is 19.8 Å². The van der Waals surface area contributed by atoms with Gasteiger partial charge in [-0.15, -0.1) is 0 Å². The van der Waals surface area contributed by atoms with Crippen LogP contribution in [0.4, 0.5) is 0 Å². The highest BCUT2D eigenvalue weighted by atomic mass is 16.5. The van der Waals surface area contributed by atoms with Crippen LogP contribution in [-0.4, -0.2) is 61.4 Å². The molecule has 6 nitrogen and oxygen atoms in total. The molecule has 0 rings (SSSR count). The molecule has 0 heterocycles. The molecule has 324 valence electrons. The van der Waals surface area contributed by atoms with Gasteiger partial charge in [-0.3, -0.25) is 9.59 Å². The Balaban J connectivity index is 0. The lowest BCUT2D eigenvalue weighted by Gasteiger charge is -2.22. The highest BCUT2D eigenvalue weighted by Gasteiger charge is 2.19. The van der Waals surface area contributed by atoms with Crippen LogP contribution in [0.1, 0.15) is 253 Å². The van der Waals surface area contributed by atoms with Gasteiger partial charge in [0.15, 0.2) is 0 Å². The number of carbonyl (C=O) groups excluding carboxylic acids is 2. The number of hydrogen-bond donors (Lipinski definition) is 1. The second-order valence-corrected chi connectivity index (χ2v) is 16.2. The molecule has 0 bridgehead atoms. The number of aliphatic hydroxyl groups excluding tert-OH is 1. The molecular weight excluding hydrogens is 671 g/mol. The minimum absolute atomic E-state index is 0.0523. The molecule has 0 aromatic rings. The maximum absolute atomic E-state index is 12.6. The predicted octanol–water partition coefficient (Wildman–Crippen LogP) is 14.3. The standard InChI is InChI=1S/C36H71NO5.C12H26/c1-4-6-8-19-27-35(26-7-5-2)36(40)42-33-25-18-14-10-12-16-21-29-37(30-22-23-31-38)28-20-15-11-9-13-17-24-32-41-34(3)39;1-3-5-7-9-11-12-10-8-6-4-2/h35,38H,4-33H2,1-3H3;3-12H2,1-2H3. The van der Waals surface area contributed by atoms with Gasteiger partial charge in [0.05, 0.1) is 19.1 Å². The van der Waals surface area contributed by atoms with E-state index in [-0.39, 0.29) is 17.9 Å². The molecule has 0 aromatic carbocycles. The Morgan fingerprint density at radius 3 is 1.17 bits per heavy atom. The molecule has 0 amide bonds. The third-order valence-corrected chi connectivity index (χ3v) is 10.8. The topological polar surface area (TPSA) is 76.1 Å². The fourth-order valence-corrected chi connectivity index (χ4v) is 7.14. The van der Waals surface area contributed by atoms with Crippen LogP contribution < -0.4 is 0 Å². The fraction of sp³-hybridized carbons (Fsp3) is 0.958. The van der Waals surface area contributed by atoms with Gasteiger partial charge < -0.3 is 19.5 Å². The van der Waals surface area contributed by atoms with Crippen LogP contribution >= 0.6 is 0 Å². The molecule has 0 aliphatic carbocycles. The average molecular weight is 768 g/mol. The molecule has 1 unspecified atom stereocenters. The van der Waals surface area contributed by atoms with E-state index in [1.54, 1.807) is 0 Å². The van der Waals surface area contributed by atoms with Crippen molar-refractivity contribution in [1.82, 2.24) is 4.90 Å². The Bertz CT molecular complexity index is 722. The maximum Gasteiger partial charge on any atom is 0.308 e. The summed E-state index contributed by atoms with van der Waals surface area (Å²) < 4.78 is 10.7. The molecule has 0 aromatic heterocycles. The van der Waals surface area contributed by atoms with Crippen LogP contribution in [-0.2, 0) is 19.1 Å². The summed E-state index contributed by atoms with van der Waals surface area (Å²) in [6.45, 7) is 15.4. The van der Waals surface area contributed by atoms with Gasteiger partial charge in [-0.2, -0.15) is 0 Å². The molecule has 0 saturated carbocycles. The molecule has 1 N–H and O–H groups in total. The molecule has 0 aliphatic rings. The zero-order chi connectivity index (χ0) is 40.0. The van der Waals surface area contributed by atoms with Crippen LogP contribution in [0.25, 0.3) is 0 Å². The van der Waals surface area contributed by atoms with Crippen LogP contribution in [0.2, 0.25) is 0 Å². The molecular formula is C48H97NO5. The Kier molecular flexibility index (Phi) is 48.9. The second kappa shape index (κ2) is 48.0.